The van der Waals surface area contributed by atoms with Crippen molar-refractivity contribution in [3.05, 3.63) is 29.5 Å². The van der Waals surface area contributed by atoms with Gasteiger partial charge in [0.15, 0.2) is 5.82 Å². The second-order valence-electron chi connectivity index (χ2n) is 5.90. The highest BCUT2D eigenvalue weighted by molar-refractivity contribution is 6.31. The summed E-state index contributed by atoms with van der Waals surface area (Å²) in [6.07, 6.45) is 2.00. The molecule has 22 heavy (non-hydrogen) atoms. The third-order valence-electron chi connectivity index (χ3n) is 4.04. The van der Waals surface area contributed by atoms with E-state index in [0.717, 1.165) is 40.8 Å². The molecule has 6 heteroatoms. The summed E-state index contributed by atoms with van der Waals surface area (Å²) in [5.74, 6) is 0.930. The SMILES string of the molecule is C[C@@H]1CN(c2ncnc3c2[nH]c2ccc(Cl)cc23)C[C@@H](C)O1. The van der Waals surface area contributed by atoms with E-state index < -0.39 is 0 Å². The number of hydrogen-bond acceptors (Lipinski definition) is 4. The lowest BCUT2D eigenvalue weighted by Crippen LogP contribution is -2.46. The number of fused-ring (bicyclic) bond motifs is 3. The molecule has 1 fully saturated rings. The van der Waals surface area contributed by atoms with Gasteiger partial charge in [-0.25, -0.2) is 9.97 Å². The molecule has 2 atom stereocenters. The molecule has 4 rings (SSSR count). The highest BCUT2D eigenvalue weighted by Crippen LogP contribution is 2.31. The molecule has 1 saturated heterocycles. The smallest absolute Gasteiger partial charge is 0.156 e. The van der Waals surface area contributed by atoms with Crippen molar-refractivity contribution >= 4 is 39.4 Å². The van der Waals surface area contributed by atoms with Crippen LogP contribution in [0.5, 0.6) is 0 Å². The van der Waals surface area contributed by atoms with Crippen molar-refractivity contribution in [2.75, 3.05) is 18.0 Å². The number of morpholine rings is 1. The van der Waals surface area contributed by atoms with Gasteiger partial charge in [0, 0.05) is 29.0 Å². The number of H-pyrrole nitrogens is 1. The van der Waals surface area contributed by atoms with Gasteiger partial charge < -0.3 is 14.6 Å². The number of anilines is 1. The zero-order valence-corrected chi connectivity index (χ0v) is 13.3. The summed E-state index contributed by atoms with van der Waals surface area (Å²) < 4.78 is 5.81. The zero-order valence-electron chi connectivity index (χ0n) is 12.5. The summed E-state index contributed by atoms with van der Waals surface area (Å²) in [5.41, 5.74) is 2.89. The maximum Gasteiger partial charge on any atom is 0.156 e. The molecular weight excluding hydrogens is 300 g/mol. The molecule has 2 aromatic heterocycles. The second-order valence-corrected chi connectivity index (χ2v) is 6.33. The van der Waals surface area contributed by atoms with Crippen molar-refractivity contribution in [3.8, 4) is 0 Å². The predicted molar refractivity (Wildman–Crippen MR) is 88.6 cm³/mol. The van der Waals surface area contributed by atoms with Crippen LogP contribution in [-0.2, 0) is 4.74 Å². The molecule has 1 aromatic carbocycles. The van der Waals surface area contributed by atoms with Crippen LogP contribution in [0.1, 0.15) is 13.8 Å². The summed E-state index contributed by atoms with van der Waals surface area (Å²) in [6.45, 7) is 5.83. The Hall–Kier alpha value is -1.85. The number of nitrogens with zero attached hydrogens (tertiary/aromatic N) is 3. The van der Waals surface area contributed by atoms with Crippen molar-refractivity contribution in [3.63, 3.8) is 0 Å². The van der Waals surface area contributed by atoms with Crippen LogP contribution in [0.4, 0.5) is 5.82 Å². The Morgan fingerprint density at radius 2 is 2.00 bits per heavy atom. The number of ether oxygens (including phenoxy) is 1. The van der Waals surface area contributed by atoms with Crippen molar-refractivity contribution < 1.29 is 4.74 Å². The fourth-order valence-corrected chi connectivity index (χ4v) is 3.41. The van der Waals surface area contributed by atoms with Crippen LogP contribution < -0.4 is 4.90 Å². The van der Waals surface area contributed by atoms with E-state index in [9.17, 15) is 0 Å². The highest BCUT2D eigenvalue weighted by Gasteiger charge is 2.25. The van der Waals surface area contributed by atoms with Crippen LogP contribution >= 0.6 is 11.6 Å². The number of nitrogens with one attached hydrogen (secondary N) is 1. The normalized spacial score (nSPS) is 22.6. The fourth-order valence-electron chi connectivity index (χ4n) is 3.24. The summed E-state index contributed by atoms with van der Waals surface area (Å²) >= 11 is 6.12. The van der Waals surface area contributed by atoms with Crippen molar-refractivity contribution in [1.29, 1.82) is 0 Å². The lowest BCUT2D eigenvalue weighted by atomic mass is 10.2. The quantitative estimate of drug-likeness (QED) is 0.748. The molecule has 0 saturated carbocycles. The molecule has 3 aromatic rings. The van der Waals surface area contributed by atoms with Gasteiger partial charge in [-0.15, -0.1) is 0 Å². The first-order valence-corrected chi connectivity index (χ1v) is 7.82. The van der Waals surface area contributed by atoms with E-state index in [1.54, 1.807) is 6.33 Å². The Morgan fingerprint density at radius 1 is 1.23 bits per heavy atom. The van der Waals surface area contributed by atoms with Crippen LogP contribution in [0.25, 0.3) is 21.9 Å². The van der Waals surface area contributed by atoms with E-state index in [4.69, 9.17) is 16.3 Å². The maximum absolute atomic E-state index is 6.12. The average molecular weight is 317 g/mol. The lowest BCUT2D eigenvalue weighted by molar-refractivity contribution is -0.00537. The first kappa shape index (κ1) is 13.8. The third-order valence-corrected chi connectivity index (χ3v) is 4.28. The zero-order chi connectivity index (χ0) is 15.3. The number of hydrogen-bond donors (Lipinski definition) is 1. The monoisotopic (exact) mass is 316 g/mol. The van der Waals surface area contributed by atoms with Gasteiger partial charge in [0.2, 0.25) is 0 Å². The van der Waals surface area contributed by atoms with Crippen LogP contribution in [-0.4, -0.2) is 40.2 Å². The molecule has 3 heterocycles. The van der Waals surface area contributed by atoms with E-state index in [1.165, 1.54) is 0 Å². The van der Waals surface area contributed by atoms with Crippen molar-refractivity contribution in [1.82, 2.24) is 15.0 Å². The number of aromatic nitrogens is 3. The van der Waals surface area contributed by atoms with E-state index in [-0.39, 0.29) is 12.2 Å². The molecule has 1 N–H and O–H groups in total. The van der Waals surface area contributed by atoms with Gasteiger partial charge in [-0.05, 0) is 32.0 Å². The first-order chi connectivity index (χ1) is 10.6. The Kier molecular flexibility index (Phi) is 3.20. The van der Waals surface area contributed by atoms with E-state index >= 15 is 0 Å². The van der Waals surface area contributed by atoms with Crippen LogP contribution in [0.3, 0.4) is 0 Å². The van der Waals surface area contributed by atoms with Gasteiger partial charge in [0.1, 0.15) is 17.4 Å². The summed E-state index contributed by atoms with van der Waals surface area (Å²) in [6, 6.07) is 5.80. The topological polar surface area (TPSA) is 54.0 Å². The maximum atomic E-state index is 6.12. The lowest BCUT2D eigenvalue weighted by Gasteiger charge is -2.36. The van der Waals surface area contributed by atoms with Gasteiger partial charge in [-0.2, -0.15) is 0 Å². The summed E-state index contributed by atoms with van der Waals surface area (Å²) in [5, 5.41) is 1.74. The van der Waals surface area contributed by atoms with Gasteiger partial charge in [-0.1, -0.05) is 11.6 Å². The average Bonchev–Trinajstić information content (AvgIpc) is 2.84. The molecule has 0 spiro atoms. The molecule has 114 valence electrons. The van der Waals surface area contributed by atoms with Crippen LogP contribution in [0.2, 0.25) is 5.02 Å². The van der Waals surface area contributed by atoms with Gasteiger partial charge in [-0.3, -0.25) is 0 Å². The highest BCUT2D eigenvalue weighted by atomic mass is 35.5. The predicted octanol–water partition coefficient (Wildman–Crippen LogP) is 3.38. The van der Waals surface area contributed by atoms with Gasteiger partial charge >= 0.3 is 0 Å². The summed E-state index contributed by atoms with van der Waals surface area (Å²) in [4.78, 5) is 14.7. The minimum atomic E-state index is 0.188. The van der Waals surface area contributed by atoms with E-state index in [2.05, 4.69) is 33.7 Å². The van der Waals surface area contributed by atoms with Crippen molar-refractivity contribution in [2.45, 2.75) is 26.1 Å². The molecule has 1 aliphatic heterocycles. The Bertz CT molecular complexity index is 837. The molecule has 0 amide bonds. The molecular formula is C16H17ClN4O. The number of aromatic amines is 1. The van der Waals surface area contributed by atoms with Crippen molar-refractivity contribution in [2.24, 2.45) is 0 Å². The molecule has 0 unspecified atom stereocenters. The molecule has 1 aliphatic rings. The molecule has 5 nitrogen and oxygen atoms in total. The number of halogens is 1. The standard InChI is InChI=1S/C16H17ClN4O/c1-9-6-21(7-10(2)22-9)16-15-14(18-8-19-16)12-5-11(17)3-4-13(12)20-15/h3-5,8-10,20H,6-7H2,1-2H3/t9-,10-/m1/s1. The largest absolute Gasteiger partial charge is 0.372 e. The van der Waals surface area contributed by atoms with Gasteiger partial charge in [0.05, 0.1) is 12.2 Å². The number of rotatable bonds is 1. The molecule has 0 radical (unpaired) electrons. The van der Waals surface area contributed by atoms with Crippen LogP contribution in [0.15, 0.2) is 24.5 Å². The van der Waals surface area contributed by atoms with E-state index in [1.807, 2.05) is 18.2 Å². The Balaban J connectivity index is 1.89. The summed E-state index contributed by atoms with van der Waals surface area (Å²) in [7, 11) is 0. The fraction of sp³-hybridized carbons (Fsp3) is 0.375. The first-order valence-electron chi connectivity index (χ1n) is 7.44. The van der Waals surface area contributed by atoms with E-state index in [0.29, 0.717) is 5.02 Å². The second kappa shape index (κ2) is 5.11. The minimum absolute atomic E-state index is 0.188. The van der Waals surface area contributed by atoms with Crippen LogP contribution in [0, 0.1) is 0 Å². The molecule has 0 aliphatic carbocycles. The Morgan fingerprint density at radius 3 is 2.77 bits per heavy atom. The molecule has 0 bridgehead atoms. The number of benzene rings is 1. The minimum Gasteiger partial charge on any atom is -0.372 e. The third kappa shape index (κ3) is 2.21. The Labute approximate surface area is 133 Å². The van der Waals surface area contributed by atoms with Gasteiger partial charge in [0.25, 0.3) is 0 Å².